The number of hydrogen-bond acceptors (Lipinski definition) is 5. The first kappa shape index (κ1) is 22.8. The van der Waals surface area contributed by atoms with Crippen LogP contribution in [0.2, 0.25) is 0 Å². The maximum Gasteiger partial charge on any atom is 0.321 e. The number of urea groups is 1. The minimum Gasteiger partial charge on any atom is -0.348 e. The Kier molecular flexibility index (Phi) is 6.11. The molecule has 33 heavy (non-hydrogen) atoms. The summed E-state index contributed by atoms with van der Waals surface area (Å²) in [5.74, 6) is -1.05. The van der Waals surface area contributed by atoms with E-state index in [-0.39, 0.29) is 28.6 Å². The van der Waals surface area contributed by atoms with Gasteiger partial charge in [-0.15, -0.1) is 0 Å². The number of sulfonamides is 1. The fourth-order valence-corrected chi connectivity index (χ4v) is 5.86. The van der Waals surface area contributed by atoms with E-state index in [0.717, 1.165) is 35.8 Å². The second-order valence-corrected chi connectivity index (χ2v) is 10.2. The fourth-order valence-electron chi connectivity index (χ4n) is 4.07. The second kappa shape index (κ2) is 8.86. The van der Waals surface area contributed by atoms with Crippen molar-refractivity contribution in [3.63, 3.8) is 0 Å². The molecule has 1 saturated heterocycles. The van der Waals surface area contributed by atoms with E-state index in [0.29, 0.717) is 5.69 Å². The van der Waals surface area contributed by atoms with Crippen LogP contribution in [0.25, 0.3) is 0 Å². The van der Waals surface area contributed by atoms with Crippen molar-refractivity contribution >= 4 is 33.6 Å². The van der Waals surface area contributed by atoms with E-state index in [9.17, 15) is 22.8 Å². The van der Waals surface area contributed by atoms with E-state index in [4.69, 9.17) is 0 Å². The molecule has 1 fully saturated rings. The number of nitrogens with one attached hydrogen (secondary N) is 2. The largest absolute Gasteiger partial charge is 0.348 e. The van der Waals surface area contributed by atoms with Crippen LogP contribution in [0.4, 0.5) is 10.5 Å². The van der Waals surface area contributed by atoms with Crippen molar-refractivity contribution < 1.29 is 22.8 Å². The third-order valence-electron chi connectivity index (χ3n) is 5.70. The van der Waals surface area contributed by atoms with Crippen LogP contribution in [0.1, 0.15) is 53.0 Å². The lowest BCUT2D eigenvalue weighted by Gasteiger charge is -2.18. The molecule has 2 aromatic rings. The molecule has 0 saturated carbocycles. The Balaban J connectivity index is 1.44. The molecule has 0 atom stereocenters. The van der Waals surface area contributed by atoms with Crippen LogP contribution >= 0.6 is 0 Å². The van der Waals surface area contributed by atoms with Crippen molar-refractivity contribution in [1.82, 2.24) is 14.5 Å². The predicted octanol–water partition coefficient (Wildman–Crippen LogP) is 2.80. The molecule has 10 heteroatoms. The highest BCUT2D eigenvalue weighted by Crippen LogP contribution is 2.32. The standard InChI is InChI=1S/C23H26N4O5S/c1-15(2)27-22(29)19-9-8-17(13-20(19)33(27,31)32)21(28)24-14-16-6-5-7-18(12-16)25-23(30)26-10-3-4-11-26/h5-9,12-13,15H,3-4,10-11,14H2,1-2H3,(H,24,28)(H,25,30). The molecule has 2 aliphatic heterocycles. The Morgan fingerprint density at radius 2 is 1.79 bits per heavy atom. The summed E-state index contributed by atoms with van der Waals surface area (Å²) in [6, 6.07) is 10.6. The quantitative estimate of drug-likeness (QED) is 0.697. The van der Waals surface area contributed by atoms with E-state index < -0.39 is 27.9 Å². The molecule has 0 unspecified atom stereocenters. The van der Waals surface area contributed by atoms with Gasteiger partial charge in [-0.1, -0.05) is 12.1 Å². The Morgan fingerprint density at radius 1 is 1.06 bits per heavy atom. The van der Waals surface area contributed by atoms with Crippen LogP contribution < -0.4 is 10.6 Å². The van der Waals surface area contributed by atoms with Crippen molar-refractivity contribution in [2.75, 3.05) is 18.4 Å². The topological polar surface area (TPSA) is 116 Å². The molecule has 2 heterocycles. The van der Waals surface area contributed by atoms with Crippen LogP contribution in [0.5, 0.6) is 0 Å². The van der Waals surface area contributed by atoms with Crippen LogP contribution in [-0.2, 0) is 16.6 Å². The van der Waals surface area contributed by atoms with E-state index >= 15 is 0 Å². The molecule has 4 amide bonds. The summed E-state index contributed by atoms with van der Waals surface area (Å²) in [5.41, 5.74) is 1.63. The molecule has 2 aliphatic rings. The van der Waals surface area contributed by atoms with Gasteiger partial charge in [0.1, 0.15) is 4.90 Å². The van der Waals surface area contributed by atoms with Gasteiger partial charge in [0.2, 0.25) is 0 Å². The summed E-state index contributed by atoms with van der Waals surface area (Å²) in [7, 11) is -3.98. The van der Waals surface area contributed by atoms with Crippen LogP contribution in [0.15, 0.2) is 47.4 Å². The average molecular weight is 471 g/mol. The SMILES string of the molecule is CC(C)N1C(=O)c2ccc(C(=O)NCc3cccc(NC(=O)N4CCCC4)c3)cc2S1(=O)=O. The van der Waals surface area contributed by atoms with E-state index in [1.807, 2.05) is 6.07 Å². The lowest BCUT2D eigenvalue weighted by atomic mass is 10.1. The van der Waals surface area contributed by atoms with Gasteiger partial charge in [-0.05, 0) is 62.6 Å². The number of likely N-dealkylation sites (tertiary alicyclic amines) is 1. The van der Waals surface area contributed by atoms with Crippen molar-refractivity contribution in [1.29, 1.82) is 0 Å². The van der Waals surface area contributed by atoms with Gasteiger partial charge in [-0.25, -0.2) is 17.5 Å². The Morgan fingerprint density at radius 3 is 2.48 bits per heavy atom. The highest BCUT2D eigenvalue weighted by atomic mass is 32.2. The fraction of sp³-hybridized carbons (Fsp3) is 0.348. The first-order valence-electron chi connectivity index (χ1n) is 10.8. The van der Waals surface area contributed by atoms with Crippen molar-refractivity contribution in [2.45, 2.75) is 44.2 Å². The lowest BCUT2D eigenvalue weighted by molar-refractivity contribution is 0.0845. The number of hydrogen-bond donors (Lipinski definition) is 2. The molecule has 174 valence electrons. The Hall–Kier alpha value is -3.40. The summed E-state index contributed by atoms with van der Waals surface area (Å²) < 4.78 is 26.3. The third-order valence-corrected chi connectivity index (χ3v) is 7.70. The zero-order chi connectivity index (χ0) is 23.8. The molecule has 9 nitrogen and oxygen atoms in total. The predicted molar refractivity (Wildman–Crippen MR) is 122 cm³/mol. The molecule has 0 aromatic heterocycles. The Bertz CT molecular complexity index is 1220. The summed E-state index contributed by atoms with van der Waals surface area (Å²) >= 11 is 0. The number of amides is 4. The minimum atomic E-state index is -3.98. The summed E-state index contributed by atoms with van der Waals surface area (Å²) in [6.45, 7) is 4.93. The average Bonchev–Trinajstić information content (AvgIpc) is 3.38. The zero-order valence-corrected chi connectivity index (χ0v) is 19.3. The highest BCUT2D eigenvalue weighted by Gasteiger charge is 2.42. The first-order valence-corrected chi connectivity index (χ1v) is 12.3. The van der Waals surface area contributed by atoms with Gasteiger partial charge in [0.25, 0.3) is 21.8 Å². The molecule has 0 aliphatic carbocycles. The van der Waals surface area contributed by atoms with Gasteiger partial charge in [0.05, 0.1) is 5.56 Å². The third kappa shape index (κ3) is 4.43. The minimum absolute atomic E-state index is 0.0710. The van der Waals surface area contributed by atoms with Gasteiger partial charge < -0.3 is 15.5 Å². The number of anilines is 1. The zero-order valence-electron chi connectivity index (χ0n) is 18.5. The number of carbonyl (C=O) groups is 3. The summed E-state index contributed by atoms with van der Waals surface area (Å²) in [4.78, 5) is 39.0. The lowest BCUT2D eigenvalue weighted by Crippen LogP contribution is -2.36. The van der Waals surface area contributed by atoms with Gasteiger partial charge in [-0.3, -0.25) is 9.59 Å². The molecule has 4 rings (SSSR count). The molecular formula is C23H26N4O5S. The van der Waals surface area contributed by atoms with Crippen molar-refractivity contribution in [3.8, 4) is 0 Å². The molecule has 0 bridgehead atoms. The van der Waals surface area contributed by atoms with E-state index in [1.54, 1.807) is 36.9 Å². The second-order valence-electron chi connectivity index (χ2n) is 8.42. The van der Waals surface area contributed by atoms with Gasteiger partial charge in [0.15, 0.2) is 0 Å². The molecule has 0 radical (unpaired) electrons. The monoisotopic (exact) mass is 470 g/mol. The van der Waals surface area contributed by atoms with Crippen molar-refractivity contribution in [3.05, 3.63) is 59.2 Å². The van der Waals surface area contributed by atoms with E-state index in [2.05, 4.69) is 10.6 Å². The summed E-state index contributed by atoms with van der Waals surface area (Å²) in [6.07, 6.45) is 2.01. The number of fused-ring (bicyclic) bond motifs is 1. The normalized spacial score (nSPS) is 16.8. The molecule has 2 N–H and O–H groups in total. The van der Waals surface area contributed by atoms with Crippen LogP contribution in [-0.4, -0.2) is 54.6 Å². The maximum atomic E-state index is 12.7. The number of nitrogens with zero attached hydrogens (tertiary/aromatic N) is 2. The number of benzene rings is 2. The van der Waals surface area contributed by atoms with Gasteiger partial charge in [-0.2, -0.15) is 0 Å². The maximum absolute atomic E-state index is 12.7. The van der Waals surface area contributed by atoms with Gasteiger partial charge in [0, 0.05) is 36.9 Å². The molecular weight excluding hydrogens is 444 g/mol. The van der Waals surface area contributed by atoms with Crippen molar-refractivity contribution in [2.24, 2.45) is 0 Å². The molecule has 2 aromatic carbocycles. The first-order chi connectivity index (χ1) is 15.7. The molecule has 0 spiro atoms. The Labute approximate surface area is 192 Å². The number of carbonyl (C=O) groups excluding carboxylic acids is 3. The highest BCUT2D eigenvalue weighted by molar-refractivity contribution is 7.90. The van der Waals surface area contributed by atoms with Gasteiger partial charge >= 0.3 is 6.03 Å². The smallest absolute Gasteiger partial charge is 0.321 e. The van der Waals surface area contributed by atoms with E-state index in [1.165, 1.54) is 18.2 Å². The summed E-state index contributed by atoms with van der Waals surface area (Å²) in [5, 5.41) is 5.63. The van der Waals surface area contributed by atoms with Crippen LogP contribution in [0, 0.1) is 0 Å². The number of rotatable bonds is 5. The van der Waals surface area contributed by atoms with Crippen LogP contribution in [0.3, 0.4) is 0 Å².